The van der Waals surface area contributed by atoms with Crippen LogP contribution in [0.15, 0.2) is 46.8 Å². The number of esters is 2. The van der Waals surface area contributed by atoms with E-state index in [9.17, 15) is 39.9 Å². The first-order chi connectivity index (χ1) is 16.9. The summed E-state index contributed by atoms with van der Waals surface area (Å²) < 4.78 is 10.5. The molecule has 194 valence electrons. The van der Waals surface area contributed by atoms with E-state index >= 15 is 0 Å². The first-order valence-electron chi connectivity index (χ1n) is 10.9. The van der Waals surface area contributed by atoms with Gasteiger partial charge in [0.2, 0.25) is 13.1 Å². The monoisotopic (exact) mass is 506 g/mol. The predicted octanol–water partition coefficient (Wildman–Crippen LogP) is 2.50. The van der Waals surface area contributed by atoms with E-state index in [1.165, 1.54) is 31.2 Å². The Bertz CT molecular complexity index is 1130. The maximum absolute atomic E-state index is 13.1. The number of carbonyl (C=O) groups excluding carboxylic acids is 2. The van der Waals surface area contributed by atoms with Crippen molar-refractivity contribution in [2.24, 2.45) is 5.92 Å². The van der Waals surface area contributed by atoms with Crippen molar-refractivity contribution in [1.29, 1.82) is 0 Å². The average molecular weight is 506 g/mol. The highest BCUT2D eigenvalue weighted by molar-refractivity contribution is 6.00. The lowest BCUT2D eigenvalue weighted by atomic mass is 9.80. The van der Waals surface area contributed by atoms with Crippen LogP contribution in [0.1, 0.15) is 38.7 Å². The number of hydrogen-bond acceptors (Lipinski definition) is 11. The van der Waals surface area contributed by atoms with Crippen LogP contribution in [0.4, 0.5) is 5.69 Å². The van der Waals surface area contributed by atoms with Crippen LogP contribution in [0, 0.1) is 36.3 Å². The lowest BCUT2D eigenvalue weighted by Crippen LogP contribution is -2.33. The summed E-state index contributed by atoms with van der Waals surface area (Å²) in [5, 5.41) is 35.5. The van der Waals surface area contributed by atoms with Crippen molar-refractivity contribution in [2.45, 2.75) is 33.1 Å². The van der Waals surface area contributed by atoms with E-state index in [0.717, 1.165) is 0 Å². The van der Waals surface area contributed by atoms with Crippen LogP contribution in [0.2, 0.25) is 0 Å². The molecule has 14 nitrogen and oxygen atoms in total. The molecule has 0 bridgehead atoms. The van der Waals surface area contributed by atoms with Crippen LogP contribution >= 0.6 is 0 Å². The summed E-state index contributed by atoms with van der Waals surface area (Å²) in [6.07, 6.45) is -0.0297. The van der Waals surface area contributed by atoms with Crippen LogP contribution in [0.25, 0.3) is 0 Å². The van der Waals surface area contributed by atoms with Crippen LogP contribution in [-0.4, -0.2) is 53.0 Å². The van der Waals surface area contributed by atoms with E-state index < -0.39 is 51.6 Å². The average Bonchev–Trinajstić information content (AvgIpc) is 2.79. The zero-order valence-corrected chi connectivity index (χ0v) is 19.9. The second kappa shape index (κ2) is 12.4. The number of rotatable bonds is 12. The van der Waals surface area contributed by atoms with E-state index in [1.807, 2.05) is 0 Å². The molecule has 2 unspecified atom stereocenters. The number of non-ortho nitro benzene ring substituents is 1. The largest absolute Gasteiger partial charge is 0.462 e. The minimum atomic E-state index is -1.12. The second-order valence-electron chi connectivity index (χ2n) is 8.25. The summed E-state index contributed by atoms with van der Waals surface area (Å²) in [7, 11) is 0. The Kier molecular flexibility index (Phi) is 9.58. The van der Waals surface area contributed by atoms with E-state index in [-0.39, 0.29) is 42.0 Å². The van der Waals surface area contributed by atoms with E-state index in [4.69, 9.17) is 9.47 Å². The van der Waals surface area contributed by atoms with Crippen LogP contribution in [0.5, 0.6) is 0 Å². The highest BCUT2D eigenvalue weighted by Gasteiger charge is 2.38. The Balaban J connectivity index is 2.45. The van der Waals surface area contributed by atoms with Crippen molar-refractivity contribution in [2.75, 3.05) is 26.3 Å². The third-order valence-electron chi connectivity index (χ3n) is 5.29. The minimum absolute atomic E-state index is 0.0208. The minimum Gasteiger partial charge on any atom is -0.462 e. The molecule has 36 heavy (non-hydrogen) atoms. The van der Waals surface area contributed by atoms with Gasteiger partial charge in [-0.3, -0.25) is 30.3 Å². The molecule has 2 atom stereocenters. The van der Waals surface area contributed by atoms with Gasteiger partial charge in [0.1, 0.15) is 6.61 Å². The lowest BCUT2D eigenvalue weighted by molar-refractivity contribution is -0.488. The lowest BCUT2D eigenvalue weighted by Gasteiger charge is -2.30. The molecule has 0 radical (unpaired) electrons. The van der Waals surface area contributed by atoms with Gasteiger partial charge in [-0.15, -0.1) is 0 Å². The number of nitrogens with one attached hydrogen (secondary N) is 1. The molecule has 1 aromatic rings. The molecule has 0 amide bonds. The summed E-state index contributed by atoms with van der Waals surface area (Å²) in [6.45, 7) is 3.31. The van der Waals surface area contributed by atoms with Gasteiger partial charge in [0.15, 0.2) is 0 Å². The fourth-order valence-corrected chi connectivity index (χ4v) is 3.73. The van der Waals surface area contributed by atoms with E-state index in [1.54, 1.807) is 13.8 Å². The number of nitro groups is 3. The fourth-order valence-electron chi connectivity index (χ4n) is 3.73. The van der Waals surface area contributed by atoms with Gasteiger partial charge in [-0.05, 0) is 19.4 Å². The number of allylic oxidation sites excluding steroid dienone is 2. The van der Waals surface area contributed by atoms with Gasteiger partial charge in [-0.25, -0.2) is 9.59 Å². The Morgan fingerprint density at radius 2 is 1.61 bits per heavy atom. The molecule has 2 rings (SSSR count). The molecule has 0 saturated carbocycles. The molecule has 1 aliphatic heterocycles. The summed E-state index contributed by atoms with van der Waals surface area (Å²) in [5.41, 5.74) is 0.570. The van der Waals surface area contributed by atoms with Gasteiger partial charge in [0, 0.05) is 39.8 Å². The molecule has 1 N–H and O–H groups in total. The number of carbonyl (C=O) groups is 2. The maximum Gasteiger partial charge on any atom is 0.336 e. The van der Waals surface area contributed by atoms with Crippen molar-refractivity contribution in [3.05, 3.63) is 82.7 Å². The van der Waals surface area contributed by atoms with Gasteiger partial charge in [-0.1, -0.05) is 19.1 Å². The summed E-state index contributed by atoms with van der Waals surface area (Å²) in [4.78, 5) is 57.1. The second-order valence-corrected chi connectivity index (χ2v) is 8.25. The number of nitro benzene ring substituents is 1. The number of ether oxygens (including phenoxy) is 2. The molecule has 1 heterocycles. The zero-order valence-electron chi connectivity index (χ0n) is 19.9. The van der Waals surface area contributed by atoms with Gasteiger partial charge in [-0.2, -0.15) is 0 Å². The number of nitrogens with zero attached hydrogens (tertiary/aromatic N) is 3. The van der Waals surface area contributed by atoms with Gasteiger partial charge < -0.3 is 14.8 Å². The first kappa shape index (κ1) is 27.9. The Labute approximate surface area is 205 Å². The Morgan fingerprint density at radius 3 is 2.17 bits per heavy atom. The molecule has 0 aliphatic carbocycles. The molecule has 1 aliphatic rings. The summed E-state index contributed by atoms with van der Waals surface area (Å²) >= 11 is 0. The van der Waals surface area contributed by atoms with E-state index in [0.29, 0.717) is 11.4 Å². The van der Waals surface area contributed by atoms with Crippen molar-refractivity contribution >= 4 is 17.6 Å². The molecule has 0 saturated heterocycles. The molecule has 14 heteroatoms. The van der Waals surface area contributed by atoms with E-state index in [2.05, 4.69) is 5.32 Å². The van der Waals surface area contributed by atoms with Crippen LogP contribution in [-0.2, 0) is 19.1 Å². The van der Waals surface area contributed by atoms with Gasteiger partial charge in [0.25, 0.3) is 5.69 Å². The molecule has 0 fully saturated rings. The van der Waals surface area contributed by atoms with Crippen LogP contribution in [0.3, 0.4) is 0 Å². The standard InChI is InChI=1S/C22H26N4O10/c1-13(11-25(31)32)12-36-22(28)19-15(3)23-14(2)18(21(27)35-9-5-8-24(29)30)20(19)16-6-4-7-17(10-16)26(33)34/h4,6-7,10,13,20,23H,5,8-9,11-12H2,1-3H3. The molecule has 0 aromatic heterocycles. The van der Waals surface area contributed by atoms with Gasteiger partial charge >= 0.3 is 11.9 Å². The van der Waals surface area contributed by atoms with Crippen molar-refractivity contribution in [1.82, 2.24) is 5.32 Å². The van der Waals surface area contributed by atoms with Crippen LogP contribution < -0.4 is 5.32 Å². The summed E-state index contributed by atoms with van der Waals surface area (Å²) in [5.74, 6) is -3.43. The topological polar surface area (TPSA) is 194 Å². The smallest absolute Gasteiger partial charge is 0.336 e. The quantitative estimate of drug-likeness (QED) is 0.189. The normalized spacial score (nSPS) is 16.1. The first-order valence-corrected chi connectivity index (χ1v) is 10.9. The van der Waals surface area contributed by atoms with Crippen molar-refractivity contribution in [3.8, 4) is 0 Å². The zero-order chi connectivity index (χ0) is 27.0. The third-order valence-corrected chi connectivity index (χ3v) is 5.29. The van der Waals surface area contributed by atoms with Crippen molar-refractivity contribution < 1.29 is 33.8 Å². The molecule has 1 aromatic carbocycles. The molecule has 0 spiro atoms. The predicted molar refractivity (Wildman–Crippen MR) is 124 cm³/mol. The third kappa shape index (κ3) is 7.32. The highest BCUT2D eigenvalue weighted by atomic mass is 16.6. The summed E-state index contributed by atoms with van der Waals surface area (Å²) in [6, 6.07) is 5.39. The highest BCUT2D eigenvalue weighted by Crippen LogP contribution is 2.40. The van der Waals surface area contributed by atoms with Crippen molar-refractivity contribution in [3.63, 3.8) is 0 Å². The Morgan fingerprint density at radius 1 is 1.00 bits per heavy atom. The van der Waals surface area contributed by atoms with Gasteiger partial charge in [0.05, 0.1) is 34.5 Å². The number of dihydropyridines is 1. The number of benzene rings is 1. The fraction of sp³-hybridized carbons (Fsp3) is 0.455. The Hall–Kier alpha value is -4.36. The number of hydrogen-bond donors (Lipinski definition) is 1. The SMILES string of the molecule is CC1=C(C(=O)OCCC[N+](=O)[O-])C(c2cccc([N+](=O)[O-])c2)C(C(=O)OCC(C)C[N+](=O)[O-])=C(C)N1. The molecular weight excluding hydrogens is 480 g/mol. The molecular formula is C22H26N4O10. The maximum atomic E-state index is 13.1.